The van der Waals surface area contributed by atoms with Crippen LogP contribution in [0, 0.1) is 6.92 Å². The van der Waals surface area contributed by atoms with E-state index in [2.05, 4.69) is 17.2 Å². The first-order valence-electron chi connectivity index (χ1n) is 7.02. The number of benzene rings is 1. The third kappa shape index (κ3) is 5.44. The maximum atomic E-state index is 11.3. The van der Waals surface area contributed by atoms with E-state index in [4.69, 9.17) is 0 Å². The van der Waals surface area contributed by atoms with Gasteiger partial charge in [-0.15, -0.1) is 0 Å². The maximum absolute atomic E-state index is 11.3. The van der Waals surface area contributed by atoms with E-state index in [-0.39, 0.29) is 11.5 Å². The van der Waals surface area contributed by atoms with Crippen LogP contribution >= 0.6 is 0 Å². The molecule has 0 saturated heterocycles. The molecule has 0 spiro atoms. The van der Waals surface area contributed by atoms with Crippen molar-refractivity contribution in [2.75, 3.05) is 11.9 Å². The van der Waals surface area contributed by atoms with Gasteiger partial charge in [0.2, 0.25) is 0 Å². The predicted octanol–water partition coefficient (Wildman–Crippen LogP) is 3.09. The van der Waals surface area contributed by atoms with Crippen LogP contribution in [0.2, 0.25) is 0 Å². The van der Waals surface area contributed by atoms with Gasteiger partial charge in [-0.3, -0.25) is 4.79 Å². The number of carbonyl (C=O) groups excluding carboxylic acids is 1. The Balaban J connectivity index is 2.83. The standard InChI is InChI=1S/C17H22N2O3/c1-11(2)18-9-5-6-16(17(21)22)19-15-8-7-14(13(4)20)10-12(15)3/h6-8,10,18-19H,1,5,9H2,2-4H3,(H,21,22)/b16-6+. The summed E-state index contributed by atoms with van der Waals surface area (Å²) in [4.78, 5) is 22.6. The molecule has 0 atom stereocenters. The van der Waals surface area contributed by atoms with Gasteiger partial charge in [0.05, 0.1) is 0 Å². The second kappa shape index (κ2) is 8.02. The summed E-state index contributed by atoms with van der Waals surface area (Å²) < 4.78 is 0. The van der Waals surface area contributed by atoms with Crippen LogP contribution in [0.15, 0.2) is 42.2 Å². The highest BCUT2D eigenvalue weighted by Crippen LogP contribution is 2.19. The zero-order valence-corrected chi connectivity index (χ0v) is 13.2. The van der Waals surface area contributed by atoms with Crippen molar-refractivity contribution in [3.05, 3.63) is 53.4 Å². The van der Waals surface area contributed by atoms with Crippen LogP contribution in [0.25, 0.3) is 0 Å². The van der Waals surface area contributed by atoms with Crippen molar-refractivity contribution >= 4 is 17.4 Å². The Kier molecular flexibility index (Phi) is 6.38. The Morgan fingerprint density at radius 1 is 1.32 bits per heavy atom. The molecule has 3 N–H and O–H groups in total. The summed E-state index contributed by atoms with van der Waals surface area (Å²) in [6, 6.07) is 5.14. The van der Waals surface area contributed by atoms with Crippen molar-refractivity contribution in [3.63, 3.8) is 0 Å². The molecule has 0 aliphatic carbocycles. The molecule has 0 bridgehead atoms. The van der Waals surface area contributed by atoms with E-state index in [0.717, 1.165) is 11.3 Å². The summed E-state index contributed by atoms with van der Waals surface area (Å²) in [6.07, 6.45) is 2.18. The lowest BCUT2D eigenvalue weighted by molar-refractivity contribution is -0.132. The van der Waals surface area contributed by atoms with E-state index in [1.807, 2.05) is 13.8 Å². The molecule has 0 heterocycles. The number of aryl methyl sites for hydroxylation is 1. The SMILES string of the molecule is C=C(C)NCC/C=C(/Nc1ccc(C(C)=O)cc1C)C(=O)O. The third-order valence-corrected chi connectivity index (χ3v) is 3.05. The van der Waals surface area contributed by atoms with Gasteiger partial charge in [0.15, 0.2) is 5.78 Å². The van der Waals surface area contributed by atoms with Gasteiger partial charge in [0, 0.05) is 23.5 Å². The van der Waals surface area contributed by atoms with E-state index in [1.54, 1.807) is 24.3 Å². The number of carbonyl (C=O) groups is 2. The molecular formula is C17H22N2O3. The Bertz CT molecular complexity index is 618. The highest BCUT2D eigenvalue weighted by atomic mass is 16.4. The number of Topliss-reactive ketones (excluding diaryl/α,β-unsaturated/α-hetero) is 1. The van der Waals surface area contributed by atoms with Gasteiger partial charge < -0.3 is 15.7 Å². The number of carboxylic acids is 1. The number of carboxylic acid groups (broad SMARTS) is 1. The molecule has 22 heavy (non-hydrogen) atoms. The highest BCUT2D eigenvalue weighted by molar-refractivity contribution is 5.95. The van der Waals surface area contributed by atoms with Gasteiger partial charge in [0.25, 0.3) is 0 Å². The number of aliphatic carboxylic acids is 1. The highest BCUT2D eigenvalue weighted by Gasteiger charge is 2.10. The summed E-state index contributed by atoms with van der Waals surface area (Å²) in [5.41, 5.74) is 3.05. The summed E-state index contributed by atoms with van der Waals surface area (Å²) in [6.45, 7) is 9.51. The number of allylic oxidation sites excluding steroid dienone is 1. The van der Waals surface area contributed by atoms with Crippen molar-refractivity contribution in [1.82, 2.24) is 5.32 Å². The van der Waals surface area contributed by atoms with Crippen LogP contribution in [0.5, 0.6) is 0 Å². The normalized spacial score (nSPS) is 11.0. The Labute approximate surface area is 130 Å². The number of hydrogen-bond acceptors (Lipinski definition) is 4. The average molecular weight is 302 g/mol. The Hall–Kier alpha value is -2.56. The summed E-state index contributed by atoms with van der Waals surface area (Å²) in [7, 11) is 0. The molecule has 0 aliphatic rings. The number of rotatable bonds is 8. The fraction of sp³-hybridized carbons (Fsp3) is 0.294. The fourth-order valence-corrected chi connectivity index (χ4v) is 1.86. The van der Waals surface area contributed by atoms with Crippen LogP contribution in [0.3, 0.4) is 0 Å². The molecule has 118 valence electrons. The van der Waals surface area contributed by atoms with Crippen LogP contribution in [-0.2, 0) is 4.79 Å². The lowest BCUT2D eigenvalue weighted by atomic mass is 10.1. The smallest absolute Gasteiger partial charge is 0.351 e. The molecule has 0 amide bonds. The number of anilines is 1. The molecule has 0 aliphatic heterocycles. The van der Waals surface area contributed by atoms with Gasteiger partial charge in [-0.25, -0.2) is 4.79 Å². The van der Waals surface area contributed by atoms with E-state index in [0.29, 0.717) is 24.2 Å². The van der Waals surface area contributed by atoms with E-state index >= 15 is 0 Å². The average Bonchev–Trinajstić information content (AvgIpc) is 2.42. The monoisotopic (exact) mass is 302 g/mol. The number of hydrogen-bond donors (Lipinski definition) is 3. The molecule has 0 saturated carbocycles. The summed E-state index contributed by atoms with van der Waals surface area (Å²) in [5, 5.41) is 15.2. The van der Waals surface area contributed by atoms with Crippen LogP contribution in [-0.4, -0.2) is 23.4 Å². The first-order chi connectivity index (χ1) is 10.3. The Morgan fingerprint density at radius 3 is 2.50 bits per heavy atom. The van der Waals surface area contributed by atoms with Gasteiger partial charge in [-0.05, 0) is 51.0 Å². The van der Waals surface area contributed by atoms with E-state index < -0.39 is 5.97 Å². The maximum Gasteiger partial charge on any atom is 0.351 e. The largest absolute Gasteiger partial charge is 0.477 e. The molecule has 0 aromatic heterocycles. The molecule has 0 radical (unpaired) electrons. The fourth-order valence-electron chi connectivity index (χ4n) is 1.86. The lowest BCUT2D eigenvalue weighted by Crippen LogP contribution is -2.14. The minimum atomic E-state index is -1.02. The minimum absolute atomic E-state index is 0.0190. The van der Waals surface area contributed by atoms with Gasteiger partial charge in [0.1, 0.15) is 5.70 Å². The molecule has 1 aromatic rings. The second-order valence-corrected chi connectivity index (χ2v) is 5.13. The van der Waals surface area contributed by atoms with Gasteiger partial charge in [-0.2, -0.15) is 0 Å². The van der Waals surface area contributed by atoms with Crippen molar-refractivity contribution in [2.24, 2.45) is 0 Å². The molecule has 1 aromatic carbocycles. The van der Waals surface area contributed by atoms with Gasteiger partial charge in [-0.1, -0.05) is 12.7 Å². The van der Waals surface area contributed by atoms with Gasteiger partial charge >= 0.3 is 5.97 Å². The molecule has 0 unspecified atom stereocenters. The summed E-state index contributed by atoms with van der Waals surface area (Å²) in [5.74, 6) is -1.04. The van der Waals surface area contributed by atoms with Crippen molar-refractivity contribution in [1.29, 1.82) is 0 Å². The quantitative estimate of drug-likeness (QED) is 0.391. The summed E-state index contributed by atoms with van der Waals surface area (Å²) >= 11 is 0. The zero-order chi connectivity index (χ0) is 16.7. The molecule has 5 heteroatoms. The zero-order valence-electron chi connectivity index (χ0n) is 13.2. The van der Waals surface area contributed by atoms with E-state index in [1.165, 1.54) is 6.92 Å². The lowest BCUT2D eigenvalue weighted by Gasteiger charge is -2.11. The van der Waals surface area contributed by atoms with Crippen molar-refractivity contribution in [3.8, 4) is 0 Å². The topological polar surface area (TPSA) is 78.4 Å². The first-order valence-corrected chi connectivity index (χ1v) is 7.02. The Morgan fingerprint density at radius 2 is 2.00 bits per heavy atom. The molecule has 1 rings (SSSR count). The second-order valence-electron chi connectivity index (χ2n) is 5.13. The van der Waals surface area contributed by atoms with E-state index in [9.17, 15) is 14.7 Å². The molecule has 5 nitrogen and oxygen atoms in total. The van der Waals surface area contributed by atoms with Crippen molar-refractivity contribution in [2.45, 2.75) is 27.2 Å². The van der Waals surface area contributed by atoms with Crippen LogP contribution in [0.4, 0.5) is 5.69 Å². The van der Waals surface area contributed by atoms with Crippen LogP contribution in [0.1, 0.15) is 36.2 Å². The number of ketones is 1. The first kappa shape index (κ1) is 17.5. The third-order valence-electron chi connectivity index (χ3n) is 3.05. The van der Waals surface area contributed by atoms with Crippen molar-refractivity contribution < 1.29 is 14.7 Å². The number of nitrogens with one attached hydrogen (secondary N) is 2. The molecule has 0 fully saturated rings. The predicted molar refractivity (Wildman–Crippen MR) is 88.0 cm³/mol. The minimum Gasteiger partial charge on any atom is -0.477 e. The van der Waals surface area contributed by atoms with Crippen LogP contribution < -0.4 is 10.6 Å². The molecular weight excluding hydrogens is 280 g/mol.